The number of anilines is 1. The van der Waals surface area contributed by atoms with Gasteiger partial charge in [0.1, 0.15) is 0 Å². The smallest absolute Gasteiger partial charge is 0.255 e. The molecule has 0 aromatic heterocycles. The highest BCUT2D eigenvalue weighted by Gasteiger charge is 2.32. The van der Waals surface area contributed by atoms with Crippen molar-refractivity contribution < 1.29 is 17.9 Å². The number of hydrogen-bond acceptors (Lipinski definition) is 4. The van der Waals surface area contributed by atoms with Gasteiger partial charge >= 0.3 is 0 Å². The third-order valence-corrected chi connectivity index (χ3v) is 6.62. The Morgan fingerprint density at radius 2 is 1.64 bits per heavy atom. The molecular formula is C21H26N2O4S. The van der Waals surface area contributed by atoms with Crippen molar-refractivity contribution in [1.82, 2.24) is 4.31 Å². The van der Waals surface area contributed by atoms with Crippen molar-refractivity contribution >= 4 is 21.6 Å². The molecule has 0 unspecified atom stereocenters. The Labute approximate surface area is 166 Å². The average molecular weight is 403 g/mol. The Kier molecular flexibility index (Phi) is 5.88. The summed E-state index contributed by atoms with van der Waals surface area (Å²) in [5, 5.41) is 2.87. The van der Waals surface area contributed by atoms with Gasteiger partial charge in [0.2, 0.25) is 10.0 Å². The van der Waals surface area contributed by atoms with Gasteiger partial charge in [-0.2, -0.15) is 4.31 Å². The lowest BCUT2D eigenvalue weighted by atomic mass is 10.1. The second-order valence-electron chi connectivity index (χ2n) is 7.38. The largest absolute Gasteiger partial charge is 0.373 e. The molecule has 2 aromatic carbocycles. The highest BCUT2D eigenvalue weighted by molar-refractivity contribution is 7.89. The van der Waals surface area contributed by atoms with Crippen LogP contribution in [-0.4, -0.2) is 43.9 Å². The monoisotopic (exact) mass is 402 g/mol. The van der Waals surface area contributed by atoms with Gasteiger partial charge in [-0.3, -0.25) is 4.79 Å². The summed E-state index contributed by atoms with van der Waals surface area (Å²) in [7, 11) is -3.62. The van der Waals surface area contributed by atoms with E-state index in [-0.39, 0.29) is 23.0 Å². The van der Waals surface area contributed by atoms with Gasteiger partial charge in [-0.15, -0.1) is 0 Å². The summed E-state index contributed by atoms with van der Waals surface area (Å²) in [5.41, 5.74) is 3.24. The molecule has 0 saturated carbocycles. The van der Waals surface area contributed by atoms with Crippen molar-refractivity contribution in [2.45, 2.75) is 44.8 Å². The van der Waals surface area contributed by atoms with Crippen LogP contribution in [0.5, 0.6) is 0 Å². The number of nitrogens with zero attached hydrogens (tertiary/aromatic N) is 1. The number of hydrogen-bond donors (Lipinski definition) is 1. The van der Waals surface area contributed by atoms with E-state index >= 15 is 0 Å². The number of rotatable bonds is 4. The van der Waals surface area contributed by atoms with Crippen molar-refractivity contribution in [2.24, 2.45) is 0 Å². The zero-order valence-corrected chi connectivity index (χ0v) is 17.4. The quantitative estimate of drug-likeness (QED) is 0.851. The van der Waals surface area contributed by atoms with Gasteiger partial charge < -0.3 is 10.1 Å². The maximum Gasteiger partial charge on any atom is 0.255 e. The molecule has 28 heavy (non-hydrogen) atoms. The number of amides is 1. The van der Waals surface area contributed by atoms with Crippen LogP contribution in [0.25, 0.3) is 0 Å². The van der Waals surface area contributed by atoms with Gasteiger partial charge in [-0.05, 0) is 63.6 Å². The SMILES string of the molecule is Cc1ccc(NC(=O)c2ccc(S(=O)(=O)N3C[C@H](C)O[C@@H](C)C3)cc2)c(C)c1. The minimum atomic E-state index is -3.62. The highest BCUT2D eigenvalue weighted by atomic mass is 32.2. The van der Waals surface area contributed by atoms with E-state index in [1.807, 2.05) is 45.9 Å². The average Bonchev–Trinajstić information content (AvgIpc) is 2.63. The number of nitrogens with one attached hydrogen (secondary N) is 1. The van der Waals surface area contributed by atoms with Crippen molar-refractivity contribution in [1.29, 1.82) is 0 Å². The third-order valence-electron chi connectivity index (χ3n) is 4.77. The first-order valence-electron chi connectivity index (χ1n) is 9.31. The zero-order valence-electron chi connectivity index (χ0n) is 16.6. The first-order valence-corrected chi connectivity index (χ1v) is 10.7. The van der Waals surface area contributed by atoms with Crippen LogP contribution in [-0.2, 0) is 14.8 Å². The molecule has 1 aliphatic heterocycles. The summed E-state index contributed by atoms with van der Waals surface area (Å²) in [6.07, 6.45) is -0.303. The molecule has 6 nitrogen and oxygen atoms in total. The summed E-state index contributed by atoms with van der Waals surface area (Å²) in [4.78, 5) is 12.7. The molecule has 3 rings (SSSR count). The molecule has 2 atom stereocenters. The predicted octanol–water partition coefficient (Wildman–Crippen LogP) is 3.35. The van der Waals surface area contributed by atoms with Gasteiger partial charge in [0.15, 0.2) is 0 Å². The molecule has 7 heteroatoms. The van der Waals surface area contributed by atoms with E-state index in [0.717, 1.165) is 16.8 Å². The first-order chi connectivity index (χ1) is 13.2. The van der Waals surface area contributed by atoms with Gasteiger partial charge in [0.05, 0.1) is 17.1 Å². The second-order valence-corrected chi connectivity index (χ2v) is 9.31. The molecule has 1 aliphatic rings. The van der Waals surface area contributed by atoms with E-state index < -0.39 is 10.0 Å². The van der Waals surface area contributed by atoms with Crippen molar-refractivity contribution in [3.05, 3.63) is 59.2 Å². The van der Waals surface area contributed by atoms with Gasteiger partial charge in [0.25, 0.3) is 5.91 Å². The lowest BCUT2D eigenvalue weighted by Crippen LogP contribution is -2.48. The summed E-state index contributed by atoms with van der Waals surface area (Å²) in [6, 6.07) is 11.8. The summed E-state index contributed by atoms with van der Waals surface area (Å²) in [6.45, 7) is 8.29. The Balaban J connectivity index is 1.76. The van der Waals surface area contributed by atoms with Gasteiger partial charge in [-0.25, -0.2) is 8.42 Å². The molecule has 0 bridgehead atoms. The third kappa shape index (κ3) is 4.43. The fourth-order valence-corrected chi connectivity index (χ4v) is 4.99. The lowest BCUT2D eigenvalue weighted by molar-refractivity contribution is -0.0440. The van der Waals surface area contributed by atoms with Crippen LogP contribution in [0.4, 0.5) is 5.69 Å². The Bertz CT molecular complexity index is 960. The Hall–Kier alpha value is -2.22. The van der Waals surface area contributed by atoms with Crippen molar-refractivity contribution in [2.75, 3.05) is 18.4 Å². The lowest BCUT2D eigenvalue weighted by Gasteiger charge is -2.34. The topological polar surface area (TPSA) is 75.7 Å². The Morgan fingerprint density at radius 1 is 1.04 bits per heavy atom. The predicted molar refractivity (Wildman–Crippen MR) is 109 cm³/mol. The van der Waals surface area contributed by atoms with Crippen LogP contribution >= 0.6 is 0 Å². The maximum absolute atomic E-state index is 12.9. The number of sulfonamides is 1. The van der Waals surface area contributed by atoms with E-state index in [4.69, 9.17) is 4.74 Å². The molecule has 1 saturated heterocycles. The molecule has 1 fully saturated rings. The molecule has 1 heterocycles. The Morgan fingerprint density at radius 3 is 2.21 bits per heavy atom. The molecule has 0 radical (unpaired) electrons. The van der Waals surface area contributed by atoms with Gasteiger partial charge in [0, 0.05) is 24.3 Å². The highest BCUT2D eigenvalue weighted by Crippen LogP contribution is 2.22. The molecule has 0 spiro atoms. The van der Waals surface area contributed by atoms with E-state index in [1.54, 1.807) is 12.1 Å². The van der Waals surface area contributed by atoms with Crippen LogP contribution in [0.1, 0.15) is 35.3 Å². The number of morpholine rings is 1. The van der Waals surface area contributed by atoms with Crippen LogP contribution in [0.2, 0.25) is 0 Å². The minimum Gasteiger partial charge on any atom is -0.373 e. The van der Waals surface area contributed by atoms with E-state index in [9.17, 15) is 13.2 Å². The molecule has 2 aromatic rings. The number of aryl methyl sites for hydroxylation is 2. The standard InChI is InChI=1S/C21H26N2O4S/c1-14-5-10-20(15(2)11-14)22-21(24)18-6-8-19(9-7-18)28(25,26)23-12-16(3)27-17(4)13-23/h5-11,16-17H,12-13H2,1-4H3,(H,22,24)/t16-,17-/m0/s1. The summed E-state index contributed by atoms with van der Waals surface area (Å²) < 4.78 is 32.8. The van der Waals surface area contributed by atoms with Crippen LogP contribution in [0.15, 0.2) is 47.4 Å². The minimum absolute atomic E-state index is 0.152. The summed E-state index contributed by atoms with van der Waals surface area (Å²) in [5.74, 6) is -0.274. The number of carbonyl (C=O) groups is 1. The van der Waals surface area contributed by atoms with Gasteiger partial charge in [-0.1, -0.05) is 17.7 Å². The van der Waals surface area contributed by atoms with Crippen LogP contribution in [0.3, 0.4) is 0 Å². The zero-order chi connectivity index (χ0) is 20.5. The van der Waals surface area contributed by atoms with Crippen LogP contribution in [0, 0.1) is 13.8 Å². The fraction of sp³-hybridized carbons (Fsp3) is 0.381. The second kappa shape index (κ2) is 8.03. The first kappa shape index (κ1) is 20.5. The van der Waals surface area contributed by atoms with E-state index in [2.05, 4.69) is 5.32 Å². The van der Waals surface area contributed by atoms with E-state index in [1.165, 1.54) is 16.4 Å². The summed E-state index contributed by atoms with van der Waals surface area (Å²) >= 11 is 0. The normalized spacial score (nSPS) is 20.7. The number of benzene rings is 2. The molecule has 0 aliphatic carbocycles. The van der Waals surface area contributed by atoms with Crippen molar-refractivity contribution in [3.63, 3.8) is 0 Å². The molecule has 1 amide bonds. The maximum atomic E-state index is 12.9. The van der Waals surface area contributed by atoms with Crippen LogP contribution < -0.4 is 5.32 Å². The van der Waals surface area contributed by atoms with Crippen molar-refractivity contribution in [3.8, 4) is 0 Å². The number of carbonyl (C=O) groups excluding carboxylic acids is 1. The number of ether oxygens (including phenoxy) is 1. The molecule has 1 N–H and O–H groups in total. The molecular weight excluding hydrogens is 376 g/mol. The fourth-order valence-electron chi connectivity index (χ4n) is 3.40. The molecule has 150 valence electrons. The van der Waals surface area contributed by atoms with E-state index in [0.29, 0.717) is 18.7 Å².